The average Bonchev–Trinajstić information content (AvgIpc) is 2.51. The third-order valence-electron chi connectivity index (χ3n) is 2.33. The summed E-state index contributed by atoms with van der Waals surface area (Å²) in [5.74, 6) is 0.777. The molecule has 2 heteroatoms. The lowest BCUT2D eigenvalue weighted by atomic mass is 10.1. The molecule has 0 saturated carbocycles. The van der Waals surface area contributed by atoms with Crippen LogP contribution in [0.4, 0.5) is 0 Å². The van der Waals surface area contributed by atoms with Crippen molar-refractivity contribution in [1.29, 1.82) is 0 Å². The second-order valence-corrected chi connectivity index (χ2v) is 3.66. The van der Waals surface area contributed by atoms with Crippen LogP contribution in [0, 0.1) is 6.92 Å². The van der Waals surface area contributed by atoms with Crippen molar-refractivity contribution >= 4 is 29.6 Å². The topological polar surface area (TPSA) is 15.8 Å². The highest BCUT2D eigenvalue weighted by Gasteiger charge is 2.03. The normalized spacial score (nSPS) is 11.6. The van der Waals surface area contributed by atoms with Gasteiger partial charge in [-0.2, -0.15) is 12.6 Å². The van der Waals surface area contributed by atoms with Crippen LogP contribution in [0.2, 0.25) is 0 Å². The Bertz CT molecular complexity index is 468. The Hall–Kier alpha value is -1.15. The summed E-state index contributed by atoms with van der Waals surface area (Å²) in [5, 5.41) is 1.28. The summed E-state index contributed by atoms with van der Waals surface area (Å²) in [6.07, 6.45) is 4.19. The van der Waals surface area contributed by atoms with Gasteiger partial charge in [0.05, 0.1) is 0 Å². The van der Waals surface area contributed by atoms with Crippen LogP contribution in [0.5, 0.6) is 0 Å². The molecule has 0 aliphatic heterocycles. The van der Waals surface area contributed by atoms with E-state index in [-0.39, 0.29) is 0 Å². The number of hydrogen-bond donors (Lipinski definition) is 2. The number of para-hydroxylation sites is 1. The number of fused-ring (bicyclic) bond motifs is 1. The number of aromatic amines is 1. The Morgan fingerprint density at radius 2 is 2.14 bits per heavy atom. The fourth-order valence-electron chi connectivity index (χ4n) is 1.68. The summed E-state index contributed by atoms with van der Waals surface area (Å²) in [7, 11) is 0. The average molecular weight is 203 g/mol. The van der Waals surface area contributed by atoms with Crippen molar-refractivity contribution in [2.45, 2.75) is 6.92 Å². The van der Waals surface area contributed by atoms with E-state index in [4.69, 9.17) is 0 Å². The Morgan fingerprint density at radius 1 is 1.36 bits per heavy atom. The van der Waals surface area contributed by atoms with Crippen LogP contribution in [0.3, 0.4) is 0 Å². The zero-order valence-electron chi connectivity index (χ0n) is 8.12. The predicted octanol–water partition coefficient (Wildman–Crippen LogP) is 3.42. The summed E-state index contributed by atoms with van der Waals surface area (Å²) in [4.78, 5) is 3.36. The molecule has 0 spiro atoms. The van der Waals surface area contributed by atoms with E-state index in [1.807, 2.05) is 6.07 Å². The summed E-state index contributed by atoms with van der Waals surface area (Å²) >= 11 is 4.16. The molecule has 14 heavy (non-hydrogen) atoms. The van der Waals surface area contributed by atoms with E-state index in [0.29, 0.717) is 0 Å². The zero-order chi connectivity index (χ0) is 9.97. The van der Waals surface area contributed by atoms with E-state index in [1.54, 1.807) is 0 Å². The van der Waals surface area contributed by atoms with Crippen LogP contribution in [-0.4, -0.2) is 10.7 Å². The molecule has 72 valence electrons. The van der Waals surface area contributed by atoms with Crippen molar-refractivity contribution in [2.24, 2.45) is 0 Å². The molecule has 0 aliphatic rings. The van der Waals surface area contributed by atoms with Gasteiger partial charge in [-0.3, -0.25) is 0 Å². The number of aromatic nitrogens is 1. The van der Waals surface area contributed by atoms with Gasteiger partial charge in [-0.1, -0.05) is 30.4 Å². The van der Waals surface area contributed by atoms with Gasteiger partial charge in [-0.25, -0.2) is 0 Å². The molecule has 1 N–H and O–H groups in total. The van der Waals surface area contributed by atoms with Gasteiger partial charge in [-0.15, -0.1) is 0 Å². The fraction of sp³-hybridized carbons (Fsp3) is 0.167. The molecule has 1 aromatic carbocycles. The minimum Gasteiger partial charge on any atom is -0.358 e. The highest BCUT2D eigenvalue weighted by atomic mass is 32.1. The van der Waals surface area contributed by atoms with Gasteiger partial charge in [0.25, 0.3) is 0 Å². The molecule has 0 fully saturated rings. The third kappa shape index (κ3) is 1.58. The summed E-state index contributed by atoms with van der Waals surface area (Å²) in [5.41, 5.74) is 3.68. The Kier molecular flexibility index (Phi) is 2.64. The molecule has 0 aliphatic carbocycles. The van der Waals surface area contributed by atoms with E-state index in [1.165, 1.54) is 22.2 Å². The minimum atomic E-state index is 0.777. The maximum atomic E-state index is 4.16. The third-order valence-corrected chi connectivity index (χ3v) is 2.54. The number of aryl methyl sites for hydroxylation is 1. The van der Waals surface area contributed by atoms with E-state index in [0.717, 1.165) is 5.75 Å². The predicted molar refractivity (Wildman–Crippen MR) is 65.9 cm³/mol. The lowest BCUT2D eigenvalue weighted by Gasteiger charge is -1.91. The molecule has 0 radical (unpaired) electrons. The number of nitrogens with one attached hydrogen (secondary N) is 1. The second kappa shape index (κ2) is 3.93. The van der Waals surface area contributed by atoms with Crippen LogP contribution in [0.15, 0.2) is 30.3 Å². The monoisotopic (exact) mass is 203 g/mol. The Balaban J connectivity index is 2.62. The maximum absolute atomic E-state index is 4.16. The first kappa shape index (κ1) is 9.41. The van der Waals surface area contributed by atoms with Gasteiger partial charge in [0.15, 0.2) is 0 Å². The minimum absolute atomic E-state index is 0.777. The number of H-pyrrole nitrogens is 1. The molecule has 2 aromatic rings. The fourth-order valence-corrected chi connectivity index (χ4v) is 1.79. The van der Waals surface area contributed by atoms with E-state index in [2.05, 4.69) is 54.9 Å². The van der Waals surface area contributed by atoms with Gasteiger partial charge in [0.2, 0.25) is 0 Å². The number of rotatable bonds is 2. The lowest BCUT2D eigenvalue weighted by molar-refractivity contribution is 1.29. The van der Waals surface area contributed by atoms with Crippen LogP contribution < -0.4 is 0 Å². The van der Waals surface area contributed by atoms with Crippen molar-refractivity contribution in [3.8, 4) is 0 Å². The summed E-state index contributed by atoms with van der Waals surface area (Å²) in [6, 6.07) is 8.34. The summed E-state index contributed by atoms with van der Waals surface area (Å²) in [6.45, 7) is 2.10. The van der Waals surface area contributed by atoms with Crippen LogP contribution >= 0.6 is 12.6 Å². The molecule has 1 aromatic heterocycles. The lowest BCUT2D eigenvalue weighted by Crippen LogP contribution is -1.74. The van der Waals surface area contributed by atoms with Gasteiger partial charge >= 0.3 is 0 Å². The van der Waals surface area contributed by atoms with Gasteiger partial charge < -0.3 is 4.98 Å². The van der Waals surface area contributed by atoms with Crippen molar-refractivity contribution < 1.29 is 0 Å². The zero-order valence-corrected chi connectivity index (χ0v) is 9.01. The Labute approximate surface area is 89.2 Å². The Morgan fingerprint density at radius 3 is 2.93 bits per heavy atom. The number of hydrogen-bond acceptors (Lipinski definition) is 1. The van der Waals surface area contributed by atoms with Gasteiger partial charge in [0, 0.05) is 27.9 Å². The second-order valence-electron chi connectivity index (χ2n) is 3.29. The van der Waals surface area contributed by atoms with Crippen LogP contribution in [-0.2, 0) is 0 Å². The molecular formula is C12H13NS. The van der Waals surface area contributed by atoms with E-state index < -0.39 is 0 Å². The van der Waals surface area contributed by atoms with Crippen molar-refractivity contribution in [2.75, 3.05) is 5.75 Å². The summed E-state index contributed by atoms with van der Waals surface area (Å²) < 4.78 is 0. The molecule has 0 amide bonds. The van der Waals surface area contributed by atoms with Crippen molar-refractivity contribution in [1.82, 2.24) is 4.98 Å². The van der Waals surface area contributed by atoms with Crippen LogP contribution in [0.1, 0.15) is 11.3 Å². The molecule has 0 saturated heterocycles. The first-order chi connectivity index (χ1) is 6.83. The molecule has 0 bridgehead atoms. The molecule has 1 heterocycles. The number of thiol groups is 1. The largest absolute Gasteiger partial charge is 0.358 e. The first-order valence-corrected chi connectivity index (χ1v) is 5.31. The highest BCUT2D eigenvalue weighted by Crippen LogP contribution is 2.22. The quantitative estimate of drug-likeness (QED) is 0.696. The van der Waals surface area contributed by atoms with Crippen molar-refractivity contribution in [3.05, 3.63) is 41.6 Å². The van der Waals surface area contributed by atoms with Crippen molar-refractivity contribution in [3.63, 3.8) is 0 Å². The molecular weight excluding hydrogens is 190 g/mol. The van der Waals surface area contributed by atoms with Gasteiger partial charge in [-0.05, 0) is 13.0 Å². The van der Waals surface area contributed by atoms with Gasteiger partial charge in [0.1, 0.15) is 0 Å². The number of benzene rings is 1. The first-order valence-electron chi connectivity index (χ1n) is 4.67. The van der Waals surface area contributed by atoms with E-state index in [9.17, 15) is 0 Å². The molecule has 1 nitrogen and oxygen atoms in total. The van der Waals surface area contributed by atoms with E-state index >= 15 is 0 Å². The standard InChI is InChI=1S/C12H13NS/c1-9-10(6-4-8-14)11-5-2-3-7-12(11)13-9/h2-7,13-14H,8H2,1H3. The van der Waals surface area contributed by atoms with Crippen LogP contribution in [0.25, 0.3) is 17.0 Å². The maximum Gasteiger partial charge on any atom is 0.0462 e. The smallest absolute Gasteiger partial charge is 0.0462 e. The highest BCUT2D eigenvalue weighted by molar-refractivity contribution is 7.80. The molecule has 2 rings (SSSR count). The molecule has 0 atom stereocenters. The SMILES string of the molecule is Cc1[nH]c2ccccc2c1C=CCS. The molecule has 0 unspecified atom stereocenters.